The summed E-state index contributed by atoms with van der Waals surface area (Å²) in [4.78, 5) is 24.5. The third-order valence-corrected chi connectivity index (χ3v) is 5.64. The summed E-state index contributed by atoms with van der Waals surface area (Å²) < 4.78 is 5.64. The van der Waals surface area contributed by atoms with Gasteiger partial charge in [-0.15, -0.1) is 0 Å². The predicted octanol–water partition coefficient (Wildman–Crippen LogP) is 6.42. The van der Waals surface area contributed by atoms with Crippen molar-refractivity contribution in [1.82, 2.24) is 5.32 Å². The van der Waals surface area contributed by atoms with Crippen LogP contribution in [0.2, 0.25) is 10.0 Å². The van der Waals surface area contributed by atoms with E-state index < -0.39 is 11.9 Å². The van der Waals surface area contributed by atoms with Crippen molar-refractivity contribution < 1.29 is 19.1 Å². The molecule has 0 spiro atoms. The van der Waals surface area contributed by atoms with Crippen LogP contribution in [0.1, 0.15) is 43.6 Å². The summed E-state index contributed by atoms with van der Waals surface area (Å²) in [7, 11) is 0. The number of nitrogens with one attached hydrogen (secondary N) is 2. The van der Waals surface area contributed by atoms with Gasteiger partial charge in [0.15, 0.2) is 0 Å². The molecule has 1 amide bonds. The highest BCUT2D eigenvalue weighted by Crippen LogP contribution is 2.26. The lowest BCUT2D eigenvalue weighted by atomic mass is 10.0. The Bertz CT molecular complexity index is 1320. The van der Waals surface area contributed by atoms with Crippen molar-refractivity contribution in [2.45, 2.75) is 12.6 Å². The average molecular weight is 495 g/mol. The Balaban J connectivity index is 1.58. The van der Waals surface area contributed by atoms with Crippen LogP contribution in [-0.2, 0) is 6.54 Å². The zero-order valence-electron chi connectivity index (χ0n) is 17.8. The summed E-state index contributed by atoms with van der Waals surface area (Å²) in [6.45, 7) is 0.523. The first-order valence-corrected chi connectivity index (χ1v) is 11.1. The van der Waals surface area contributed by atoms with Gasteiger partial charge in [0, 0.05) is 22.2 Å². The molecule has 3 aromatic carbocycles. The van der Waals surface area contributed by atoms with Crippen LogP contribution in [0.25, 0.3) is 0 Å². The minimum absolute atomic E-state index is 0.0892. The number of hydrogen-bond acceptors (Lipinski definition) is 4. The minimum atomic E-state index is -1.19. The molecule has 1 heterocycles. The smallest absolute Gasteiger partial charge is 0.337 e. The number of carboxylic acid groups (broad SMARTS) is 1. The number of carbonyl (C=O) groups excluding carboxylic acids is 1. The average Bonchev–Trinajstić information content (AvgIpc) is 3.35. The third-order valence-electron chi connectivity index (χ3n) is 5.17. The summed E-state index contributed by atoms with van der Waals surface area (Å²) in [5, 5.41) is 16.5. The Hall–Kier alpha value is -3.58. The highest BCUT2D eigenvalue weighted by atomic mass is 35.5. The van der Waals surface area contributed by atoms with Crippen LogP contribution in [-0.4, -0.2) is 17.0 Å². The van der Waals surface area contributed by atoms with Gasteiger partial charge in [-0.05, 0) is 65.7 Å². The Morgan fingerprint density at radius 1 is 0.912 bits per heavy atom. The molecule has 172 valence electrons. The number of anilines is 1. The first kappa shape index (κ1) is 23.6. The first-order valence-electron chi connectivity index (χ1n) is 10.4. The van der Waals surface area contributed by atoms with Gasteiger partial charge in [-0.3, -0.25) is 10.1 Å². The predicted molar refractivity (Wildman–Crippen MR) is 132 cm³/mol. The molecular weight excluding hydrogens is 475 g/mol. The van der Waals surface area contributed by atoms with Crippen molar-refractivity contribution in [1.29, 1.82) is 0 Å². The second-order valence-electron chi connectivity index (χ2n) is 7.53. The second-order valence-corrected chi connectivity index (χ2v) is 8.41. The van der Waals surface area contributed by atoms with Gasteiger partial charge in [-0.25, -0.2) is 4.79 Å². The molecule has 8 heteroatoms. The molecule has 4 rings (SSSR count). The standard InChI is InChI=1S/C26H20Cl2N2O4/c27-19-7-1-4-16(12-19)15-29-24(23-8-3-11-34-23)17-5-2-6-18(13-17)25(31)30-22-10-9-20(28)14-21(22)26(32)33/h1-14,24,29H,15H2,(H,30,31)(H,32,33). The molecular formula is C26H20Cl2N2O4. The molecule has 0 aliphatic rings. The van der Waals surface area contributed by atoms with Gasteiger partial charge in [-0.1, -0.05) is 47.5 Å². The van der Waals surface area contributed by atoms with Gasteiger partial charge < -0.3 is 14.8 Å². The summed E-state index contributed by atoms with van der Waals surface area (Å²) in [5.74, 6) is -0.945. The number of carbonyl (C=O) groups is 2. The maximum atomic E-state index is 13.0. The first-order chi connectivity index (χ1) is 16.4. The molecule has 0 aliphatic carbocycles. The zero-order chi connectivity index (χ0) is 24.1. The van der Waals surface area contributed by atoms with Crippen molar-refractivity contribution >= 4 is 40.8 Å². The zero-order valence-corrected chi connectivity index (χ0v) is 19.3. The van der Waals surface area contributed by atoms with Gasteiger partial charge in [0.05, 0.1) is 23.6 Å². The van der Waals surface area contributed by atoms with Crippen molar-refractivity contribution in [3.63, 3.8) is 0 Å². The van der Waals surface area contributed by atoms with E-state index in [4.69, 9.17) is 27.6 Å². The van der Waals surface area contributed by atoms with Crippen LogP contribution in [0.15, 0.2) is 89.5 Å². The number of carboxylic acids is 1. The van der Waals surface area contributed by atoms with E-state index in [1.165, 1.54) is 18.2 Å². The number of aromatic carboxylic acids is 1. The van der Waals surface area contributed by atoms with Crippen LogP contribution in [0.3, 0.4) is 0 Å². The van der Waals surface area contributed by atoms with Crippen molar-refractivity contribution in [2.75, 3.05) is 5.32 Å². The number of benzene rings is 3. The molecule has 6 nitrogen and oxygen atoms in total. The van der Waals surface area contributed by atoms with E-state index in [9.17, 15) is 14.7 Å². The van der Waals surface area contributed by atoms with Crippen LogP contribution >= 0.6 is 23.2 Å². The van der Waals surface area contributed by atoms with Crippen LogP contribution in [0.5, 0.6) is 0 Å². The quantitative estimate of drug-likeness (QED) is 0.263. The lowest BCUT2D eigenvalue weighted by Crippen LogP contribution is -2.22. The second kappa shape index (κ2) is 10.6. The summed E-state index contributed by atoms with van der Waals surface area (Å²) in [5.41, 5.74) is 2.24. The fraction of sp³-hybridized carbons (Fsp3) is 0.0769. The largest absolute Gasteiger partial charge is 0.478 e. The number of furan rings is 1. The molecule has 34 heavy (non-hydrogen) atoms. The van der Waals surface area contributed by atoms with Crippen LogP contribution in [0.4, 0.5) is 5.69 Å². The fourth-order valence-corrected chi connectivity index (χ4v) is 3.95. The van der Waals surface area contributed by atoms with Crippen molar-refractivity contribution in [3.8, 4) is 0 Å². The molecule has 0 saturated carbocycles. The number of halogens is 2. The van der Waals surface area contributed by atoms with Crippen LogP contribution < -0.4 is 10.6 Å². The minimum Gasteiger partial charge on any atom is -0.478 e. The van der Waals surface area contributed by atoms with Gasteiger partial charge >= 0.3 is 5.97 Å². The molecule has 1 atom stereocenters. The Morgan fingerprint density at radius 3 is 2.44 bits per heavy atom. The lowest BCUT2D eigenvalue weighted by Gasteiger charge is -2.18. The summed E-state index contributed by atoms with van der Waals surface area (Å²) in [6.07, 6.45) is 1.59. The molecule has 4 aromatic rings. The van der Waals surface area contributed by atoms with Crippen molar-refractivity contribution in [2.24, 2.45) is 0 Å². The van der Waals surface area contributed by atoms with Gasteiger partial charge in [0.1, 0.15) is 5.76 Å². The van der Waals surface area contributed by atoms with E-state index in [-0.39, 0.29) is 22.3 Å². The maximum Gasteiger partial charge on any atom is 0.337 e. The van der Waals surface area contributed by atoms with E-state index in [1.54, 1.807) is 30.5 Å². The molecule has 0 fully saturated rings. The van der Waals surface area contributed by atoms with Crippen molar-refractivity contribution in [3.05, 3.63) is 123 Å². The third kappa shape index (κ3) is 5.66. The highest BCUT2D eigenvalue weighted by molar-refractivity contribution is 6.31. The molecule has 0 saturated heterocycles. The number of rotatable bonds is 8. The monoisotopic (exact) mass is 494 g/mol. The Labute approximate surface area is 206 Å². The van der Waals surface area contributed by atoms with E-state index in [0.29, 0.717) is 22.9 Å². The van der Waals surface area contributed by atoms with E-state index in [0.717, 1.165) is 11.1 Å². The molecule has 3 N–H and O–H groups in total. The molecule has 1 unspecified atom stereocenters. The van der Waals surface area contributed by atoms with Gasteiger partial charge in [0.25, 0.3) is 5.91 Å². The SMILES string of the molecule is O=C(Nc1ccc(Cl)cc1C(=O)O)c1cccc(C(NCc2cccc(Cl)c2)c2ccco2)c1. The molecule has 1 aromatic heterocycles. The van der Waals surface area contributed by atoms with E-state index >= 15 is 0 Å². The van der Waals surface area contributed by atoms with Gasteiger partial charge in [-0.2, -0.15) is 0 Å². The number of hydrogen-bond donors (Lipinski definition) is 3. The summed E-state index contributed by atoms with van der Waals surface area (Å²) in [6, 6.07) is 22.2. The molecule has 0 aliphatic heterocycles. The molecule has 0 radical (unpaired) electrons. The van der Waals surface area contributed by atoms with E-state index in [1.807, 2.05) is 36.4 Å². The van der Waals surface area contributed by atoms with E-state index in [2.05, 4.69) is 10.6 Å². The van der Waals surface area contributed by atoms with Gasteiger partial charge in [0.2, 0.25) is 0 Å². The Morgan fingerprint density at radius 2 is 1.71 bits per heavy atom. The molecule has 0 bridgehead atoms. The Kier molecular flexibility index (Phi) is 7.33. The number of amides is 1. The topological polar surface area (TPSA) is 91.6 Å². The summed E-state index contributed by atoms with van der Waals surface area (Å²) >= 11 is 12.0. The highest BCUT2D eigenvalue weighted by Gasteiger charge is 2.19. The fourth-order valence-electron chi connectivity index (χ4n) is 3.56. The van der Waals surface area contributed by atoms with Crippen LogP contribution in [0, 0.1) is 0 Å². The lowest BCUT2D eigenvalue weighted by molar-refractivity contribution is 0.0698. The normalized spacial score (nSPS) is 11.7. The maximum absolute atomic E-state index is 13.0.